The molecule has 0 saturated heterocycles. The van der Waals surface area contributed by atoms with Gasteiger partial charge in [0.25, 0.3) is 0 Å². The lowest BCUT2D eigenvalue weighted by atomic mass is 9.95. The Kier molecular flexibility index (Phi) is 2.71. The van der Waals surface area contributed by atoms with Gasteiger partial charge in [-0.25, -0.2) is 0 Å². The molecular weight excluding hydrogens is 232 g/mol. The van der Waals surface area contributed by atoms with Crippen LogP contribution in [0.1, 0.15) is 16.7 Å². The van der Waals surface area contributed by atoms with Gasteiger partial charge >= 0.3 is 0 Å². The van der Waals surface area contributed by atoms with Crippen LogP contribution in [0.15, 0.2) is 60.3 Å². The first kappa shape index (κ1) is 11.5. The molecule has 0 amide bonds. The zero-order valence-electron chi connectivity index (χ0n) is 11.0. The van der Waals surface area contributed by atoms with E-state index in [2.05, 4.69) is 73.4 Å². The second-order valence-electron chi connectivity index (χ2n) is 5.75. The van der Waals surface area contributed by atoms with Crippen molar-refractivity contribution in [3.8, 4) is 0 Å². The van der Waals surface area contributed by atoms with Crippen molar-refractivity contribution in [2.45, 2.75) is 19.1 Å². The largest absolute Gasteiger partial charge is 0.0861 e. The molecular formula is C17H18Si. The standard InChI is InChI=1S/C17H18Si/c1-18(2)12-15-10-6-7-11-16(15)17(13-18)14-8-4-3-5-9-14/h3-11,13H,12H2,1-2H3. The number of benzene rings is 2. The first-order valence-electron chi connectivity index (χ1n) is 6.52. The van der Waals surface area contributed by atoms with Gasteiger partial charge in [0.1, 0.15) is 0 Å². The smallest absolute Gasteiger partial charge is 0.0768 e. The predicted octanol–water partition coefficient (Wildman–Crippen LogP) is 4.46. The molecule has 0 saturated carbocycles. The van der Waals surface area contributed by atoms with Crippen LogP contribution in [-0.2, 0) is 6.04 Å². The fourth-order valence-electron chi connectivity index (χ4n) is 2.80. The van der Waals surface area contributed by atoms with Crippen molar-refractivity contribution in [3.05, 3.63) is 77.0 Å². The zero-order chi connectivity index (χ0) is 12.6. The van der Waals surface area contributed by atoms with Crippen molar-refractivity contribution in [2.24, 2.45) is 0 Å². The molecule has 0 radical (unpaired) electrons. The molecule has 0 atom stereocenters. The minimum atomic E-state index is -1.25. The van der Waals surface area contributed by atoms with Gasteiger partial charge in [0.15, 0.2) is 0 Å². The molecule has 90 valence electrons. The van der Waals surface area contributed by atoms with Crippen LogP contribution < -0.4 is 0 Å². The minimum absolute atomic E-state index is 1.25. The summed E-state index contributed by atoms with van der Waals surface area (Å²) in [5.74, 6) is 0. The van der Waals surface area contributed by atoms with Crippen molar-refractivity contribution in [3.63, 3.8) is 0 Å². The van der Waals surface area contributed by atoms with Gasteiger partial charge in [0.05, 0.1) is 8.07 Å². The molecule has 0 unspecified atom stereocenters. The normalized spacial score (nSPS) is 16.9. The summed E-state index contributed by atoms with van der Waals surface area (Å²) in [7, 11) is -1.25. The van der Waals surface area contributed by atoms with Crippen LogP contribution in [0.2, 0.25) is 13.1 Å². The van der Waals surface area contributed by atoms with E-state index in [0.717, 1.165) is 0 Å². The first-order valence-corrected chi connectivity index (χ1v) is 9.81. The van der Waals surface area contributed by atoms with Gasteiger partial charge in [-0.05, 0) is 28.3 Å². The van der Waals surface area contributed by atoms with E-state index in [4.69, 9.17) is 0 Å². The van der Waals surface area contributed by atoms with Gasteiger partial charge in [-0.3, -0.25) is 0 Å². The fourth-order valence-corrected chi connectivity index (χ4v) is 5.30. The molecule has 0 bridgehead atoms. The van der Waals surface area contributed by atoms with Gasteiger partial charge in [-0.15, -0.1) is 0 Å². The molecule has 0 spiro atoms. The van der Waals surface area contributed by atoms with E-state index >= 15 is 0 Å². The van der Waals surface area contributed by atoms with Gasteiger partial charge in [0.2, 0.25) is 0 Å². The lowest BCUT2D eigenvalue weighted by molar-refractivity contribution is 1.28. The summed E-state index contributed by atoms with van der Waals surface area (Å²) < 4.78 is 0. The molecule has 1 aliphatic rings. The van der Waals surface area contributed by atoms with Gasteiger partial charge < -0.3 is 0 Å². The maximum Gasteiger partial charge on any atom is 0.0768 e. The molecule has 0 nitrogen and oxygen atoms in total. The second-order valence-corrected chi connectivity index (χ2v) is 10.4. The molecule has 1 heteroatoms. The van der Waals surface area contributed by atoms with E-state index in [0.29, 0.717) is 0 Å². The molecule has 0 aliphatic carbocycles. The molecule has 2 aromatic rings. The highest BCUT2D eigenvalue weighted by molar-refractivity contribution is 6.83. The third-order valence-corrected chi connectivity index (χ3v) is 5.94. The third-order valence-electron chi connectivity index (χ3n) is 3.57. The Morgan fingerprint density at radius 2 is 1.50 bits per heavy atom. The van der Waals surface area contributed by atoms with E-state index in [1.807, 2.05) is 0 Å². The van der Waals surface area contributed by atoms with E-state index in [9.17, 15) is 0 Å². The topological polar surface area (TPSA) is 0 Å². The summed E-state index contributed by atoms with van der Waals surface area (Å²) in [6.45, 7) is 4.90. The summed E-state index contributed by atoms with van der Waals surface area (Å²) in [6.07, 6.45) is 0. The van der Waals surface area contributed by atoms with Crippen molar-refractivity contribution < 1.29 is 0 Å². The lowest BCUT2D eigenvalue weighted by Crippen LogP contribution is -2.30. The Bertz CT molecular complexity index is 594. The third kappa shape index (κ3) is 2.06. The quantitative estimate of drug-likeness (QED) is 0.655. The van der Waals surface area contributed by atoms with Gasteiger partial charge in [-0.1, -0.05) is 73.4 Å². The Hall–Kier alpha value is -1.60. The number of hydrogen-bond acceptors (Lipinski definition) is 0. The number of fused-ring (bicyclic) bond motifs is 1. The summed E-state index contributed by atoms with van der Waals surface area (Å²) in [5, 5.41) is 0. The highest BCUT2D eigenvalue weighted by atomic mass is 28.3. The lowest BCUT2D eigenvalue weighted by Gasteiger charge is -2.28. The SMILES string of the molecule is C[Si]1(C)C=C(c2ccccc2)c2ccccc2C1. The summed E-state index contributed by atoms with van der Waals surface area (Å²) in [6, 6.07) is 20.9. The molecule has 0 N–H and O–H groups in total. The maximum absolute atomic E-state index is 2.56. The predicted molar refractivity (Wildman–Crippen MR) is 81.1 cm³/mol. The van der Waals surface area contributed by atoms with Gasteiger partial charge in [0, 0.05) is 0 Å². The van der Waals surface area contributed by atoms with Crippen LogP contribution in [0.25, 0.3) is 5.57 Å². The fraction of sp³-hybridized carbons (Fsp3) is 0.176. The van der Waals surface area contributed by atoms with E-state index < -0.39 is 8.07 Å². The van der Waals surface area contributed by atoms with Crippen LogP contribution in [0, 0.1) is 0 Å². The maximum atomic E-state index is 2.56. The van der Waals surface area contributed by atoms with Crippen LogP contribution in [-0.4, -0.2) is 8.07 Å². The van der Waals surface area contributed by atoms with Crippen molar-refractivity contribution in [2.75, 3.05) is 0 Å². The van der Waals surface area contributed by atoms with E-state index in [-0.39, 0.29) is 0 Å². The first-order chi connectivity index (χ1) is 8.66. The molecule has 18 heavy (non-hydrogen) atoms. The Labute approximate surface area is 110 Å². The van der Waals surface area contributed by atoms with Crippen LogP contribution in [0.3, 0.4) is 0 Å². The summed E-state index contributed by atoms with van der Waals surface area (Å²) in [4.78, 5) is 0. The Morgan fingerprint density at radius 1 is 0.833 bits per heavy atom. The molecule has 1 heterocycles. The van der Waals surface area contributed by atoms with Crippen molar-refractivity contribution in [1.29, 1.82) is 0 Å². The highest BCUT2D eigenvalue weighted by Gasteiger charge is 2.26. The zero-order valence-corrected chi connectivity index (χ0v) is 12.0. The average molecular weight is 250 g/mol. The average Bonchev–Trinajstić information content (AvgIpc) is 2.38. The van der Waals surface area contributed by atoms with Crippen LogP contribution in [0.4, 0.5) is 0 Å². The van der Waals surface area contributed by atoms with Crippen LogP contribution in [0.5, 0.6) is 0 Å². The molecule has 1 aliphatic heterocycles. The van der Waals surface area contributed by atoms with Gasteiger partial charge in [-0.2, -0.15) is 0 Å². The van der Waals surface area contributed by atoms with Crippen molar-refractivity contribution >= 4 is 13.6 Å². The molecule has 3 rings (SSSR count). The molecule has 2 aromatic carbocycles. The second kappa shape index (κ2) is 4.25. The molecule has 0 aromatic heterocycles. The molecule has 0 fully saturated rings. The summed E-state index contributed by atoms with van der Waals surface area (Å²) in [5.41, 5.74) is 8.30. The number of hydrogen-bond donors (Lipinski definition) is 0. The monoisotopic (exact) mass is 250 g/mol. The van der Waals surface area contributed by atoms with Crippen molar-refractivity contribution in [1.82, 2.24) is 0 Å². The minimum Gasteiger partial charge on any atom is -0.0861 e. The Balaban J connectivity index is 2.20. The number of rotatable bonds is 1. The highest BCUT2D eigenvalue weighted by Crippen LogP contribution is 2.34. The Morgan fingerprint density at radius 3 is 2.28 bits per heavy atom. The van der Waals surface area contributed by atoms with E-state index in [1.165, 1.54) is 28.3 Å². The van der Waals surface area contributed by atoms with Crippen LogP contribution >= 0.6 is 0 Å². The van der Waals surface area contributed by atoms with E-state index in [1.54, 1.807) is 0 Å². The summed E-state index contributed by atoms with van der Waals surface area (Å²) >= 11 is 0.